The molecule has 0 aromatic rings. The summed E-state index contributed by atoms with van der Waals surface area (Å²) in [5.41, 5.74) is 0. The summed E-state index contributed by atoms with van der Waals surface area (Å²) < 4.78 is 0. The molecule has 0 bridgehead atoms. The van der Waals surface area contributed by atoms with Gasteiger partial charge in [-0.25, -0.2) is 0 Å². The van der Waals surface area contributed by atoms with E-state index in [0.29, 0.717) is 31.8 Å². The number of piperazine rings is 1. The molecule has 2 atom stereocenters. The molecule has 6 heteroatoms. The number of amides is 2. The molecule has 1 aliphatic rings. The van der Waals surface area contributed by atoms with Crippen LogP contribution < -0.4 is 10.6 Å². The minimum absolute atomic E-state index is 0. The molecular weight excluding hydrogens is 266 g/mol. The molecule has 2 unspecified atom stereocenters. The maximum absolute atomic E-state index is 12.1. The molecule has 112 valence electrons. The van der Waals surface area contributed by atoms with Gasteiger partial charge in [0.15, 0.2) is 0 Å². The first-order valence-corrected chi connectivity index (χ1v) is 6.85. The Labute approximate surface area is 121 Å². The first-order valence-electron chi connectivity index (χ1n) is 6.85. The van der Waals surface area contributed by atoms with Crippen LogP contribution in [0.4, 0.5) is 0 Å². The molecule has 1 heterocycles. The van der Waals surface area contributed by atoms with Gasteiger partial charge < -0.3 is 15.5 Å². The Morgan fingerprint density at radius 1 is 1.32 bits per heavy atom. The summed E-state index contributed by atoms with van der Waals surface area (Å²) in [5, 5.41) is 6.09. The summed E-state index contributed by atoms with van der Waals surface area (Å²) >= 11 is 0. The number of carbonyl (C=O) groups is 2. The van der Waals surface area contributed by atoms with E-state index in [1.807, 2.05) is 11.8 Å². The van der Waals surface area contributed by atoms with Crippen LogP contribution in [-0.2, 0) is 9.59 Å². The second-order valence-corrected chi connectivity index (χ2v) is 4.88. The van der Waals surface area contributed by atoms with Crippen molar-refractivity contribution >= 4 is 24.2 Å². The first kappa shape index (κ1) is 18.2. The number of nitrogens with zero attached hydrogens (tertiary/aromatic N) is 1. The molecule has 1 rings (SSSR count). The molecule has 1 fully saturated rings. The lowest BCUT2D eigenvalue weighted by Crippen LogP contribution is -2.57. The van der Waals surface area contributed by atoms with Crippen molar-refractivity contribution in [1.82, 2.24) is 15.5 Å². The van der Waals surface area contributed by atoms with E-state index in [0.717, 1.165) is 13.1 Å². The Morgan fingerprint density at radius 3 is 2.63 bits per heavy atom. The quantitative estimate of drug-likeness (QED) is 0.792. The smallest absolute Gasteiger partial charge is 0.222 e. The van der Waals surface area contributed by atoms with Crippen molar-refractivity contribution in [3.63, 3.8) is 0 Å². The number of carbonyl (C=O) groups excluding carboxylic acids is 2. The van der Waals surface area contributed by atoms with E-state index in [9.17, 15) is 9.59 Å². The van der Waals surface area contributed by atoms with Gasteiger partial charge in [-0.2, -0.15) is 0 Å². The predicted molar refractivity (Wildman–Crippen MR) is 78.4 cm³/mol. The van der Waals surface area contributed by atoms with Crippen LogP contribution in [0, 0.1) is 0 Å². The highest BCUT2D eigenvalue weighted by molar-refractivity contribution is 5.85. The number of halogens is 1. The fourth-order valence-electron chi connectivity index (χ4n) is 2.24. The van der Waals surface area contributed by atoms with Crippen molar-refractivity contribution < 1.29 is 9.59 Å². The van der Waals surface area contributed by atoms with E-state index < -0.39 is 0 Å². The first-order chi connectivity index (χ1) is 8.56. The zero-order valence-corrected chi connectivity index (χ0v) is 12.9. The summed E-state index contributed by atoms with van der Waals surface area (Å²) in [6.07, 6.45) is 1.54. The topological polar surface area (TPSA) is 61.4 Å². The molecule has 0 aromatic heterocycles. The normalized spacial score (nSPS) is 22.6. The van der Waals surface area contributed by atoms with Crippen molar-refractivity contribution in [2.24, 2.45) is 0 Å². The Morgan fingerprint density at radius 2 is 2.00 bits per heavy atom. The van der Waals surface area contributed by atoms with Crippen molar-refractivity contribution in [2.45, 2.75) is 52.1 Å². The molecule has 0 aliphatic carbocycles. The standard InChI is InChI=1S/C13H25N3O2.ClH/c1-4-14-12(17)6-5-7-13(18)16-9-8-15-10(2)11(16)3;/h10-11,15H,4-9H2,1-3H3,(H,14,17);1H. The van der Waals surface area contributed by atoms with Gasteiger partial charge in [-0.3, -0.25) is 9.59 Å². The average Bonchev–Trinajstić information content (AvgIpc) is 2.33. The lowest BCUT2D eigenvalue weighted by molar-refractivity contribution is -0.135. The van der Waals surface area contributed by atoms with Gasteiger partial charge in [0, 0.05) is 44.6 Å². The molecule has 19 heavy (non-hydrogen) atoms. The number of nitrogens with one attached hydrogen (secondary N) is 2. The number of hydrogen-bond acceptors (Lipinski definition) is 3. The molecule has 0 saturated carbocycles. The van der Waals surface area contributed by atoms with Crippen LogP contribution in [0.1, 0.15) is 40.0 Å². The molecular formula is C13H26ClN3O2. The lowest BCUT2D eigenvalue weighted by Gasteiger charge is -2.38. The van der Waals surface area contributed by atoms with Crippen LogP contribution in [0.3, 0.4) is 0 Å². The van der Waals surface area contributed by atoms with Gasteiger partial charge in [0.2, 0.25) is 11.8 Å². The Balaban J connectivity index is 0.00000324. The SMILES string of the molecule is CCNC(=O)CCCC(=O)N1CCNC(C)C1C.Cl. The van der Waals surface area contributed by atoms with Gasteiger partial charge >= 0.3 is 0 Å². The maximum Gasteiger partial charge on any atom is 0.222 e. The van der Waals surface area contributed by atoms with Gasteiger partial charge in [-0.05, 0) is 27.2 Å². The van der Waals surface area contributed by atoms with Crippen molar-refractivity contribution in [3.8, 4) is 0 Å². The minimum Gasteiger partial charge on any atom is -0.356 e. The molecule has 0 radical (unpaired) electrons. The van der Waals surface area contributed by atoms with Crippen LogP contribution in [0.2, 0.25) is 0 Å². The predicted octanol–water partition coefficient (Wildman–Crippen LogP) is 0.923. The Kier molecular flexibility index (Phi) is 8.76. The van der Waals surface area contributed by atoms with Gasteiger partial charge in [-0.15, -0.1) is 12.4 Å². The van der Waals surface area contributed by atoms with Crippen molar-refractivity contribution in [1.29, 1.82) is 0 Å². The highest BCUT2D eigenvalue weighted by Gasteiger charge is 2.27. The van der Waals surface area contributed by atoms with Gasteiger partial charge in [0.1, 0.15) is 0 Å². The van der Waals surface area contributed by atoms with Crippen LogP contribution >= 0.6 is 12.4 Å². The Bertz CT molecular complexity index is 300. The molecule has 2 N–H and O–H groups in total. The number of rotatable bonds is 5. The van der Waals surface area contributed by atoms with Crippen LogP contribution in [0.15, 0.2) is 0 Å². The molecule has 5 nitrogen and oxygen atoms in total. The lowest BCUT2D eigenvalue weighted by atomic mass is 10.1. The fraction of sp³-hybridized carbons (Fsp3) is 0.846. The van der Waals surface area contributed by atoms with Gasteiger partial charge in [0.05, 0.1) is 0 Å². The molecule has 0 aromatic carbocycles. The molecule has 1 aliphatic heterocycles. The largest absolute Gasteiger partial charge is 0.356 e. The van der Waals surface area contributed by atoms with E-state index in [2.05, 4.69) is 24.5 Å². The summed E-state index contributed by atoms with van der Waals surface area (Å²) in [7, 11) is 0. The maximum atomic E-state index is 12.1. The molecule has 0 spiro atoms. The zero-order valence-electron chi connectivity index (χ0n) is 12.1. The van der Waals surface area contributed by atoms with E-state index in [1.54, 1.807) is 0 Å². The molecule has 2 amide bonds. The third-order valence-electron chi connectivity index (χ3n) is 3.52. The van der Waals surface area contributed by atoms with Gasteiger partial charge in [-0.1, -0.05) is 0 Å². The van der Waals surface area contributed by atoms with E-state index >= 15 is 0 Å². The van der Waals surface area contributed by atoms with E-state index in [4.69, 9.17) is 0 Å². The van der Waals surface area contributed by atoms with E-state index in [1.165, 1.54) is 0 Å². The third-order valence-corrected chi connectivity index (χ3v) is 3.52. The third kappa shape index (κ3) is 5.78. The summed E-state index contributed by atoms with van der Waals surface area (Å²) in [5.74, 6) is 0.201. The molecule has 1 saturated heterocycles. The van der Waals surface area contributed by atoms with Crippen LogP contribution in [-0.4, -0.2) is 48.4 Å². The highest BCUT2D eigenvalue weighted by Crippen LogP contribution is 2.11. The highest BCUT2D eigenvalue weighted by atomic mass is 35.5. The van der Waals surface area contributed by atoms with Crippen LogP contribution in [0.5, 0.6) is 0 Å². The second kappa shape index (κ2) is 9.15. The number of hydrogen-bond donors (Lipinski definition) is 2. The van der Waals surface area contributed by atoms with E-state index in [-0.39, 0.29) is 30.3 Å². The Hall–Kier alpha value is -0.810. The van der Waals surface area contributed by atoms with Crippen LogP contribution in [0.25, 0.3) is 0 Å². The van der Waals surface area contributed by atoms with Gasteiger partial charge in [0.25, 0.3) is 0 Å². The summed E-state index contributed by atoms with van der Waals surface area (Å²) in [6, 6.07) is 0.571. The summed E-state index contributed by atoms with van der Waals surface area (Å²) in [4.78, 5) is 25.3. The average molecular weight is 292 g/mol. The monoisotopic (exact) mass is 291 g/mol. The summed E-state index contributed by atoms with van der Waals surface area (Å²) in [6.45, 7) is 8.34. The van der Waals surface area contributed by atoms with Crippen molar-refractivity contribution in [3.05, 3.63) is 0 Å². The van der Waals surface area contributed by atoms with Crippen molar-refractivity contribution in [2.75, 3.05) is 19.6 Å². The minimum atomic E-state index is 0. The second-order valence-electron chi connectivity index (χ2n) is 4.88. The fourth-order valence-corrected chi connectivity index (χ4v) is 2.24. The zero-order chi connectivity index (χ0) is 13.5.